The predicted molar refractivity (Wildman–Crippen MR) is 165 cm³/mol. The third kappa shape index (κ3) is 6.71. The van der Waals surface area contributed by atoms with E-state index >= 15 is 0 Å². The maximum absolute atomic E-state index is 12.6. The molecule has 4 aromatic rings. The van der Waals surface area contributed by atoms with Gasteiger partial charge in [0.05, 0.1) is 29.4 Å². The van der Waals surface area contributed by atoms with Gasteiger partial charge in [-0.2, -0.15) is 0 Å². The fourth-order valence-corrected chi connectivity index (χ4v) is 6.01. The number of nitrogens with zero attached hydrogens (tertiary/aromatic N) is 4. The fraction of sp³-hybridized carbons (Fsp3) is 0.375. The first-order chi connectivity index (χ1) is 20.0. The number of benzene rings is 2. The summed E-state index contributed by atoms with van der Waals surface area (Å²) in [5, 5.41) is 15.8. The number of rotatable bonds is 7. The first-order valence-corrected chi connectivity index (χ1v) is 14.9. The van der Waals surface area contributed by atoms with Crippen LogP contribution in [0.2, 0.25) is 0 Å². The second-order valence-corrected chi connectivity index (χ2v) is 12.5. The Labute approximate surface area is 250 Å². The lowest BCUT2D eigenvalue weighted by molar-refractivity contribution is -0.0356. The molecule has 1 atom stereocenters. The number of methoxy groups -OCH3 is 1. The first kappa shape index (κ1) is 29.5. The van der Waals surface area contributed by atoms with Crippen LogP contribution in [0.3, 0.4) is 0 Å². The van der Waals surface area contributed by atoms with Crippen LogP contribution < -0.4 is 10.1 Å². The number of thiazole rings is 1. The monoisotopic (exact) mass is 587 g/mol. The van der Waals surface area contributed by atoms with Gasteiger partial charge in [0.1, 0.15) is 22.0 Å². The summed E-state index contributed by atoms with van der Waals surface area (Å²) in [7, 11) is 1.63. The fourth-order valence-electron chi connectivity index (χ4n) is 4.81. The van der Waals surface area contributed by atoms with Crippen molar-refractivity contribution in [3.63, 3.8) is 0 Å². The van der Waals surface area contributed by atoms with E-state index in [4.69, 9.17) is 19.4 Å². The molecule has 5 rings (SSSR count). The number of amides is 1. The summed E-state index contributed by atoms with van der Waals surface area (Å²) in [6.07, 6.45) is 2.07. The molecule has 1 fully saturated rings. The number of aliphatic hydroxyl groups is 1. The molecule has 0 aliphatic carbocycles. The highest BCUT2D eigenvalue weighted by Crippen LogP contribution is 2.43. The molecule has 0 spiro atoms. The zero-order chi connectivity index (χ0) is 29.9. The van der Waals surface area contributed by atoms with E-state index in [-0.39, 0.29) is 12.1 Å². The van der Waals surface area contributed by atoms with Crippen molar-refractivity contribution in [1.82, 2.24) is 19.9 Å². The third-order valence-electron chi connectivity index (χ3n) is 7.16. The zero-order valence-corrected chi connectivity index (χ0v) is 25.4. The minimum Gasteiger partial charge on any atom is -0.497 e. The summed E-state index contributed by atoms with van der Waals surface area (Å²) in [6, 6.07) is 19.7. The Kier molecular flexibility index (Phi) is 8.47. The van der Waals surface area contributed by atoms with Gasteiger partial charge in [-0.3, -0.25) is 0 Å². The van der Waals surface area contributed by atoms with Crippen molar-refractivity contribution in [2.45, 2.75) is 57.8 Å². The molecule has 42 heavy (non-hydrogen) atoms. The molecule has 3 heterocycles. The molecule has 2 aromatic carbocycles. The number of hydrogen-bond acceptors (Lipinski definition) is 9. The molecule has 0 bridgehead atoms. The first-order valence-electron chi connectivity index (χ1n) is 14.1. The van der Waals surface area contributed by atoms with Crippen molar-refractivity contribution in [2.24, 2.45) is 0 Å². The number of carbonyl (C=O) groups is 1. The molecule has 1 aliphatic rings. The van der Waals surface area contributed by atoms with Crippen LogP contribution in [0, 0.1) is 0 Å². The number of ether oxygens (including phenoxy) is 2. The molecule has 0 saturated carbocycles. The lowest BCUT2D eigenvalue weighted by Crippen LogP contribution is -2.46. The summed E-state index contributed by atoms with van der Waals surface area (Å²) >= 11 is 1.42. The highest BCUT2D eigenvalue weighted by molar-refractivity contribution is 7.15. The van der Waals surface area contributed by atoms with Crippen molar-refractivity contribution >= 4 is 23.4 Å². The minimum atomic E-state index is -1.18. The number of nitrogens with one attached hydrogen (secondary N) is 1. The van der Waals surface area contributed by atoms with Gasteiger partial charge < -0.3 is 24.8 Å². The highest BCUT2D eigenvalue weighted by atomic mass is 32.1. The zero-order valence-electron chi connectivity index (χ0n) is 24.6. The van der Waals surface area contributed by atoms with Crippen LogP contribution in [-0.4, -0.2) is 56.9 Å². The summed E-state index contributed by atoms with van der Waals surface area (Å²) in [6.45, 7) is 8.35. The van der Waals surface area contributed by atoms with E-state index < -0.39 is 11.2 Å². The Balaban J connectivity index is 1.45. The normalized spacial score (nSPS) is 15.6. The van der Waals surface area contributed by atoms with Gasteiger partial charge in [0.25, 0.3) is 0 Å². The van der Waals surface area contributed by atoms with Gasteiger partial charge in [0.15, 0.2) is 0 Å². The average molecular weight is 588 g/mol. The number of anilines is 1. The van der Waals surface area contributed by atoms with E-state index in [2.05, 4.69) is 29.4 Å². The standard InChI is InChI=1S/C32H37N5O4S/c1-21(22-9-7-6-8-10-22)34-29-33-18-15-25(35-29)27-26(23-11-13-24(40-5)14-12-23)36-28(42-27)32(39)16-19-37(20-17-32)30(38)41-31(2,3)4/h6-15,18,21,39H,16-17,19-20H2,1-5H3,(H,33,34,35)/t21-/m0/s1. The Morgan fingerprint density at radius 3 is 2.38 bits per heavy atom. The summed E-state index contributed by atoms with van der Waals surface area (Å²) in [5.41, 5.74) is 1.68. The molecule has 1 amide bonds. The summed E-state index contributed by atoms with van der Waals surface area (Å²) < 4.78 is 10.9. The average Bonchev–Trinajstić information content (AvgIpc) is 3.44. The lowest BCUT2D eigenvalue weighted by Gasteiger charge is -2.37. The maximum Gasteiger partial charge on any atom is 0.410 e. The van der Waals surface area contributed by atoms with Gasteiger partial charge in [-0.25, -0.2) is 19.7 Å². The molecule has 220 valence electrons. The Morgan fingerprint density at radius 1 is 1.05 bits per heavy atom. The van der Waals surface area contributed by atoms with Crippen molar-refractivity contribution < 1.29 is 19.4 Å². The van der Waals surface area contributed by atoms with Crippen LogP contribution in [0.5, 0.6) is 5.75 Å². The Bertz CT molecular complexity index is 1510. The minimum absolute atomic E-state index is 0.00963. The second-order valence-electron chi connectivity index (χ2n) is 11.5. The third-order valence-corrected chi connectivity index (χ3v) is 8.44. The topological polar surface area (TPSA) is 110 Å². The van der Waals surface area contributed by atoms with Crippen LogP contribution in [0.25, 0.3) is 21.8 Å². The summed E-state index contributed by atoms with van der Waals surface area (Å²) in [5.74, 6) is 1.25. The number of hydrogen-bond donors (Lipinski definition) is 2. The molecule has 2 aromatic heterocycles. The predicted octanol–water partition coefficient (Wildman–Crippen LogP) is 6.67. The maximum atomic E-state index is 12.6. The number of aromatic nitrogens is 3. The van der Waals surface area contributed by atoms with Gasteiger partial charge in [-0.05, 0) is 63.6 Å². The van der Waals surface area contributed by atoms with Crippen molar-refractivity contribution in [3.8, 4) is 27.6 Å². The molecule has 0 radical (unpaired) electrons. The molecule has 10 heteroatoms. The SMILES string of the molecule is COc1ccc(-c2nc(C3(O)CCN(C(=O)OC(C)(C)C)CC3)sc2-c2ccnc(N[C@@H](C)c3ccccc3)n2)cc1. The highest BCUT2D eigenvalue weighted by Gasteiger charge is 2.40. The van der Waals surface area contributed by atoms with E-state index in [0.29, 0.717) is 42.6 Å². The number of piperidine rings is 1. The van der Waals surface area contributed by atoms with Gasteiger partial charge in [0, 0.05) is 37.7 Å². The van der Waals surface area contributed by atoms with Crippen molar-refractivity contribution in [2.75, 3.05) is 25.5 Å². The molecule has 1 saturated heterocycles. The van der Waals surface area contributed by atoms with E-state index in [1.807, 2.05) is 69.3 Å². The summed E-state index contributed by atoms with van der Waals surface area (Å²) in [4.78, 5) is 29.4. The quantitative estimate of drug-likeness (QED) is 0.247. The van der Waals surface area contributed by atoms with Crippen LogP contribution in [0.15, 0.2) is 66.9 Å². The van der Waals surface area contributed by atoms with Gasteiger partial charge in [-0.1, -0.05) is 30.3 Å². The number of carbonyl (C=O) groups excluding carboxylic acids is 1. The Morgan fingerprint density at radius 2 is 1.74 bits per heavy atom. The van der Waals surface area contributed by atoms with E-state index in [0.717, 1.165) is 27.4 Å². The largest absolute Gasteiger partial charge is 0.497 e. The molecule has 1 aliphatic heterocycles. The van der Waals surface area contributed by atoms with Crippen molar-refractivity contribution in [3.05, 3.63) is 77.4 Å². The molecular weight excluding hydrogens is 550 g/mol. The van der Waals surface area contributed by atoms with Crippen LogP contribution in [0.4, 0.5) is 10.7 Å². The molecule has 9 nitrogen and oxygen atoms in total. The number of likely N-dealkylation sites (tertiary alicyclic amines) is 1. The van der Waals surface area contributed by atoms with Gasteiger partial charge in [0.2, 0.25) is 5.95 Å². The van der Waals surface area contributed by atoms with Crippen LogP contribution >= 0.6 is 11.3 Å². The molecular formula is C32H37N5O4S. The lowest BCUT2D eigenvalue weighted by atomic mass is 9.92. The van der Waals surface area contributed by atoms with E-state index in [1.165, 1.54) is 11.3 Å². The smallest absolute Gasteiger partial charge is 0.410 e. The van der Waals surface area contributed by atoms with Crippen LogP contribution in [0.1, 0.15) is 57.1 Å². The molecule has 0 unspecified atom stereocenters. The van der Waals surface area contributed by atoms with Gasteiger partial charge >= 0.3 is 6.09 Å². The Hall–Kier alpha value is -4.02. The molecule has 2 N–H and O–H groups in total. The second kappa shape index (κ2) is 12.1. The van der Waals surface area contributed by atoms with E-state index in [1.54, 1.807) is 18.2 Å². The van der Waals surface area contributed by atoms with Crippen LogP contribution in [-0.2, 0) is 10.3 Å². The van der Waals surface area contributed by atoms with E-state index in [9.17, 15) is 9.90 Å². The van der Waals surface area contributed by atoms with Crippen molar-refractivity contribution in [1.29, 1.82) is 0 Å². The van der Waals surface area contributed by atoms with Gasteiger partial charge in [-0.15, -0.1) is 11.3 Å².